The number of hydrogen-bond donors (Lipinski definition) is 3. The first kappa shape index (κ1) is 14.5. The number of carboxylic acid groups (broad SMARTS) is 2. The molecule has 1 aliphatic rings. The van der Waals surface area contributed by atoms with E-state index in [1.165, 1.54) is 18.5 Å². The van der Waals surface area contributed by atoms with Crippen LogP contribution in [-0.2, 0) is 10.4 Å². The summed E-state index contributed by atoms with van der Waals surface area (Å²) in [7, 11) is 0. The summed E-state index contributed by atoms with van der Waals surface area (Å²) in [6.45, 7) is 0. The number of hydrogen-bond acceptors (Lipinski definition) is 4. The van der Waals surface area contributed by atoms with Crippen molar-refractivity contribution in [2.75, 3.05) is 0 Å². The van der Waals surface area contributed by atoms with E-state index < -0.39 is 23.5 Å². The van der Waals surface area contributed by atoms with Crippen molar-refractivity contribution in [3.8, 4) is 0 Å². The predicted molar refractivity (Wildman–Crippen MR) is 69.3 cm³/mol. The molecule has 1 fully saturated rings. The Morgan fingerprint density at radius 2 is 2.00 bits per heavy atom. The van der Waals surface area contributed by atoms with Crippen LogP contribution < -0.4 is 0 Å². The lowest BCUT2D eigenvalue weighted by atomic mass is 9.84. The standard InChI is InChI=1S/C14H17NO5/c16-12(17)9-2-1-5-14(20,6-3-9)11-8-15-7-4-10(11)13(18)19/h4,7-9,20H,1-3,5-6H2,(H,16,17)(H,18,19). The normalized spacial score (nSPS) is 26.8. The van der Waals surface area contributed by atoms with E-state index in [2.05, 4.69) is 4.98 Å². The highest BCUT2D eigenvalue weighted by molar-refractivity contribution is 5.89. The van der Waals surface area contributed by atoms with E-state index in [-0.39, 0.29) is 17.5 Å². The Morgan fingerprint density at radius 1 is 1.25 bits per heavy atom. The molecular weight excluding hydrogens is 262 g/mol. The van der Waals surface area contributed by atoms with Gasteiger partial charge in [-0.05, 0) is 38.2 Å². The second-order valence-electron chi connectivity index (χ2n) is 5.22. The summed E-state index contributed by atoms with van der Waals surface area (Å²) in [5.74, 6) is -2.46. The van der Waals surface area contributed by atoms with Crippen LogP contribution in [-0.4, -0.2) is 32.2 Å². The maximum atomic E-state index is 11.2. The van der Waals surface area contributed by atoms with Crippen molar-refractivity contribution in [2.24, 2.45) is 5.92 Å². The molecule has 1 aliphatic carbocycles. The molecule has 20 heavy (non-hydrogen) atoms. The summed E-state index contributed by atoms with van der Waals surface area (Å²) in [5.41, 5.74) is -1.01. The number of aromatic nitrogens is 1. The highest BCUT2D eigenvalue weighted by Gasteiger charge is 2.37. The molecule has 108 valence electrons. The highest BCUT2D eigenvalue weighted by Crippen LogP contribution is 2.39. The monoisotopic (exact) mass is 279 g/mol. The Morgan fingerprint density at radius 3 is 2.65 bits per heavy atom. The van der Waals surface area contributed by atoms with E-state index in [1.54, 1.807) is 0 Å². The molecule has 6 heteroatoms. The van der Waals surface area contributed by atoms with Crippen LogP contribution >= 0.6 is 0 Å². The van der Waals surface area contributed by atoms with Crippen molar-refractivity contribution in [2.45, 2.75) is 37.7 Å². The lowest BCUT2D eigenvalue weighted by molar-refractivity contribution is -0.142. The number of rotatable bonds is 3. The fourth-order valence-corrected chi connectivity index (χ4v) is 2.79. The van der Waals surface area contributed by atoms with Crippen molar-refractivity contribution < 1.29 is 24.9 Å². The quantitative estimate of drug-likeness (QED) is 0.726. The van der Waals surface area contributed by atoms with Crippen LogP contribution in [0.4, 0.5) is 0 Å². The first-order valence-electron chi connectivity index (χ1n) is 6.57. The van der Waals surface area contributed by atoms with E-state index >= 15 is 0 Å². The third kappa shape index (κ3) is 2.80. The van der Waals surface area contributed by atoms with Crippen LogP contribution in [0.5, 0.6) is 0 Å². The number of aliphatic carboxylic acids is 1. The Kier molecular flexibility index (Phi) is 4.04. The summed E-state index contributed by atoms with van der Waals surface area (Å²) >= 11 is 0. The average molecular weight is 279 g/mol. The lowest BCUT2D eigenvalue weighted by Gasteiger charge is -2.28. The maximum absolute atomic E-state index is 11.2. The SMILES string of the molecule is O=C(O)c1ccncc1C1(O)CCCC(C(=O)O)CC1. The van der Waals surface area contributed by atoms with Crippen LogP contribution in [0.15, 0.2) is 18.5 Å². The first-order chi connectivity index (χ1) is 9.44. The molecule has 2 unspecified atom stereocenters. The minimum absolute atomic E-state index is 0.0243. The van der Waals surface area contributed by atoms with Crippen LogP contribution in [0.25, 0.3) is 0 Å². The molecule has 3 N–H and O–H groups in total. The summed E-state index contributed by atoms with van der Waals surface area (Å²) in [4.78, 5) is 26.2. The van der Waals surface area contributed by atoms with Crippen molar-refractivity contribution in [3.05, 3.63) is 29.6 Å². The predicted octanol–water partition coefficient (Wildman–Crippen LogP) is 1.63. The largest absolute Gasteiger partial charge is 0.481 e. The van der Waals surface area contributed by atoms with E-state index in [1.807, 2.05) is 0 Å². The zero-order chi connectivity index (χ0) is 14.8. The number of aliphatic hydroxyl groups is 1. The summed E-state index contributed by atoms with van der Waals surface area (Å²) in [6.07, 6.45) is 4.69. The van der Waals surface area contributed by atoms with Crippen LogP contribution in [0.2, 0.25) is 0 Å². The van der Waals surface area contributed by atoms with E-state index in [9.17, 15) is 19.8 Å². The molecule has 1 aromatic heterocycles. The fraction of sp³-hybridized carbons (Fsp3) is 0.500. The lowest BCUT2D eigenvalue weighted by Crippen LogP contribution is -2.28. The number of nitrogens with zero attached hydrogens (tertiary/aromatic N) is 1. The minimum atomic E-state index is -1.31. The Bertz CT molecular complexity index is 530. The zero-order valence-electron chi connectivity index (χ0n) is 11.0. The number of carboxylic acids is 2. The highest BCUT2D eigenvalue weighted by atomic mass is 16.4. The van der Waals surface area contributed by atoms with Gasteiger partial charge in [0.05, 0.1) is 17.1 Å². The molecule has 0 radical (unpaired) electrons. The second-order valence-corrected chi connectivity index (χ2v) is 5.22. The molecule has 1 heterocycles. The van der Waals surface area contributed by atoms with Crippen molar-refractivity contribution >= 4 is 11.9 Å². The van der Waals surface area contributed by atoms with Gasteiger partial charge in [-0.3, -0.25) is 9.78 Å². The smallest absolute Gasteiger partial charge is 0.336 e. The molecule has 6 nitrogen and oxygen atoms in total. The second kappa shape index (κ2) is 5.58. The molecule has 1 saturated carbocycles. The van der Waals surface area contributed by atoms with E-state index in [4.69, 9.17) is 5.11 Å². The van der Waals surface area contributed by atoms with E-state index in [0.29, 0.717) is 25.7 Å². The Hall–Kier alpha value is -1.95. The maximum Gasteiger partial charge on any atom is 0.336 e. The molecule has 2 atom stereocenters. The molecule has 0 spiro atoms. The molecule has 0 bridgehead atoms. The first-order valence-corrected chi connectivity index (χ1v) is 6.57. The van der Waals surface area contributed by atoms with Gasteiger partial charge in [0.25, 0.3) is 0 Å². The molecular formula is C14H17NO5. The third-order valence-electron chi connectivity index (χ3n) is 3.95. The average Bonchev–Trinajstić information content (AvgIpc) is 2.62. The fourth-order valence-electron chi connectivity index (χ4n) is 2.79. The van der Waals surface area contributed by atoms with Gasteiger partial charge in [0.15, 0.2) is 0 Å². The Balaban J connectivity index is 2.31. The van der Waals surface area contributed by atoms with Gasteiger partial charge in [0.2, 0.25) is 0 Å². The third-order valence-corrected chi connectivity index (χ3v) is 3.95. The molecule has 2 rings (SSSR count). The topological polar surface area (TPSA) is 108 Å². The summed E-state index contributed by atoms with van der Waals surface area (Å²) in [5, 5.41) is 29.0. The van der Waals surface area contributed by atoms with Crippen LogP contribution in [0.1, 0.15) is 48.0 Å². The van der Waals surface area contributed by atoms with Gasteiger partial charge in [0, 0.05) is 18.0 Å². The van der Waals surface area contributed by atoms with Gasteiger partial charge in [-0.15, -0.1) is 0 Å². The molecule has 0 aromatic carbocycles. The summed E-state index contributed by atoms with van der Waals surface area (Å²) < 4.78 is 0. The van der Waals surface area contributed by atoms with Crippen molar-refractivity contribution in [1.29, 1.82) is 0 Å². The number of pyridine rings is 1. The molecule has 0 aliphatic heterocycles. The minimum Gasteiger partial charge on any atom is -0.481 e. The van der Waals surface area contributed by atoms with Gasteiger partial charge in [0.1, 0.15) is 0 Å². The van der Waals surface area contributed by atoms with Crippen molar-refractivity contribution in [3.63, 3.8) is 0 Å². The zero-order valence-corrected chi connectivity index (χ0v) is 11.0. The Labute approximate surface area is 116 Å². The van der Waals surface area contributed by atoms with Gasteiger partial charge < -0.3 is 15.3 Å². The molecule has 1 aromatic rings. The van der Waals surface area contributed by atoms with Crippen LogP contribution in [0.3, 0.4) is 0 Å². The van der Waals surface area contributed by atoms with Gasteiger partial charge >= 0.3 is 11.9 Å². The van der Waals surface area contributed by atoms with E-state index in [0.717, 1.165) is 0 Å². The van der Waals surface area contributed by atoms with Gasteiger partial charge in [-0.25, -0.2) is 4.79 Å². The molecule has 0 saturated heterocycles. The number of aromatic carboxylic acids is 1. The van der Waals surface area contributed by atoms with Gasteiger partial charge in [-0.2, -0.15) is 0 Å². The van der Waals surface area contributed by atoms with Crippen molar-refractivity contribution in [1.82, 2.24) is 4.98 Å². The van der Waals surface area contributed by atoms with Crippen LogP contribution in [0, 0.1) is 5.92 Å². The number of carbonyl (C=O) groups is 2. The summed E-state index contributed by atoms with van der Waals surface area (Å²) in [6, 6.07) is 1.36. The van der Waals surface area contributed by atoms with Gasteiger partial charge in [-0.1, -0.05) is 0 Å². The molecule has 0 amide bonds.